The molecule has 6 nitrogen and oxygen atoms in total. The van der Waals surface area contributed by atoms with E-state index in [2.05, 4.69) is 25.9 Å². The van der Waals surface area contributed by atoms with E-state index in [0.29, 0.717) is 30.5 Å². The molecule has 7 heteroatoms. The molecule has 0 unspecified atom stereocenters. The van der Waals surface area contributed by atoms with E-state index in [9.17, 15) is 4.39 Å². The van der Waals surface area contributed by atoms with Crippen LogP contribution in [0.5, 0.6) is 5.75 Å². The van der Waals surface area contributed by atoms with E-state index >= 15 is 0 Å². The number of anilines is 2. The molecule has 0 radical (unpaired) electrons. The standard InChI is InChI=1S/C17H18FN5O/c1-24-14-8-15(21-10-12-2-4-13(18)5-3-12)22-16(9-14)23-17-11-19-6-7-20-17/h2-9,19H,10-11H2,1H3,(H2,20,21,22,23). The second kappa shape index (κ2) is 7.45. The first-order valence-corrected chi connectivity index (χ1v) is 7.49. The molecule has 1 aliphatic rings. The average Bonchev–Trinajstić information content (AvgIpc) is 2.62. The second-order valence-corrected chi connectivity index (χ2v) is 5.15. The Labute approximate surface area is 139 Å². The maximum Gasteiger partial charge on any atom is 0.137 e. The Hall–Kier alpha value is -3.09. The van der Waals surface area contributed by atoms with E-state index in [0.717, 1.165) is 11.4 Å². The number of nitrogens with zero attached hydrogens (tertiary/aromatic N) is 2. The van der Waals surface area contributed by atoms with Gasteiger partial charge in [0.1, 0.15) is 29.0 Å². The van der Waals surface area contributed by atoms with Crippen LogP contribution in [-0.4, -0.2) is 24.5 Å². The highest BCUT2D eigenvalue weighted by Gasteiger charge is 2.07. The van der Waals surface area contributed by atoms with E-state index in [1.165, 1.54) is 12.1 Å². The van der Waals surface area contributed by atoms with Gasteiger partial charge in [-0.3, -0.25) is 0 Å². The predicted molar refractivity (Wildman–Crippen MR) is 92.7 cm³/mol. The summed E-state index contributed by atoms with van der Waals surface area (Å²) in [7, 11) is 1.60. The summed E-state index contributed by atoms with van der Waals surface area (Å²) < 4.78 is 18.3. The van der Waals surface area contributed by atoms with Crippen LogP contribution in [0.2, 0.25) is 0 Å². The highest BCUT2D eigenvalue weighted by atomic mass is 19.1. The van der Waals surface area contributed by atoms with Gasteiger partial charge in [-0.1, -0.05) is 12.1 Å². The molecule has 24 heavy (non-hydrogen) atoms. The molecule has 124 valence electrons. The molecule has 0 atom stereocenters. The minimum absolute atomic E-state index is 0.249. The van der Waals surface area contributed by atoms with Crippen LogP contribution in [0, 0.1) is 5.82 Å². The van der Waals surface area contributed by atoms with Crippen LogP contribution >= 0.6 is 0 Å². The number of nitrogens with one attached hydrogen (secondary N) is 3. The zero-order chi connectivity index (χ0) is 16.8. The predicted octanol–water partition coefficient (Wildman–Crippen LogP) is 2.73. The number of aliphatic imine (C=N–C) groups is 1. The number of hydrogen-bond acceptors (Lipinski definition) is 6. The number of amidine groups is 1. The largest absolute Gasteiger partial charge is 0.496 e. The zero-order valence-corrected chi connectivity index (χ0v) is 13.2. The van der Waals surface area contributed by atoms with Crippen molar-refractivity contribution in [2.45, 2.75) is 6.54 Å². The number of halogens is 1. The van der Waals surface area contributed by atoms with Crippen molar-refractivity contribution in [3.63, 3.8) is 0 Å². The van der Waals surface area contributed by atoms with Crippen molar-refractivity contribution >= 4 is 17.5 Å². The molecule has 0 spiro atoms. The normalized spacial score (nSPS) is 13.0. The monoisotopic (exact) mass is 327 g/mol. The highest BCUT2D eigenvalue weighted by molar-refractivity contribution is 5.97. The van der Waals surface area contributed by atoms with Crippen LogP contribution in [0.15, 0.2) is 53.8 Å². The number of aromatic nitrogens is 1. The van der Waals surface area contributed by atoms with Crippen LogP contribution in [-0.2, 0) is 6.54 Å². The quantitative estimate of drug-likeness (QED) is 0.788. The molecule has 3 N–H and O–H groups in total. The van der Waals surface area contributed by atoms with Crippen molar-refractivity contribution in [1.82, 2.24) is 10.3 Å². The topological polar surface area (TPSA) is 70.6 Å². The molecular formula is C17H18FN5O. The van der Waals surface area contributed by atoms with E-state index < -0.39 is 0 Å². The molecule has 2 aromatic rings. The van der Waals surface area contributed by atoms with Gasteiger partial charge in [-0.15, -0.1) is 0 Å². The zero-order valence-electron chi connectivity index (χ0n) is 13.2. The summed E-state index contributed by atoms with van der Waals surface area (Å²) in [6, 6.07) is 9.93. The maximum absolute atomic E-state index is 12.9. The van der Waals surface area contributed by atoms with Gasteiger partial charge < -0.3 is 20.7 Å². The smallest absolute Gasteiger partial charge is 0.137 e. The van der Waals surface area contributed by atoms with Crippen molar-refractivity contribution in [3.05, 3.63) is 60.2 Å². The Morgan fingerprint density at radius 3 is 2.71 bits per heavy atom. The van der Waals surface area contributed by atoms with Crippen molar-refractivity contribution in [2.75, 3.05) is 24.3 Å². The van der Waals surface area contributed by atoms with Crippen LogP contribution < -0.4 is 20.7 Å². The minimum Gasteiger partial charge on any atom is -0.496 e. The summed E-state index contributed by atoms with van der Waals surface area (Å²) in [5.74, 6) is 2.48. The van der Waals surface area contributed by atoms with Crippen LogP contribution in [0.3, 0.4) is 0 Å². The van der Waals surface area contributed by atoms with Gasteiger partial charge in [0, 0.05) is 31.1 Å². The third-order valence-electron chi connectivity index (χ3n) is 3.39. The highest BCUT2D eigenvalue weighted by Crippen LogP contribution is 2.21. The summed E-state index contributed by atoms with van der Waals surface area (Å²) >= 11 is 0. The van der Waals surface area contributed by atoms with Gasteiger partial charge in [-0.05, 0) is 17.7 Å². The molecule has 0 saturated heterocycles. The molecule has 0 saturated carbocycles. The first kappa shape index (κ1) is 15.8. The summed E-state index contributed by atoms with van der Waals surface area (Å²) in [6.07, 6.45) is 3.46. The summed E-state index contributed by atoms with van der Waals surface area (Å²) in [6.45, 7) is 1.14. The molecule has 0 fully saturated rings. The third-order valence-corrected chi connectivity index (χ3v) is 3.39. The van der Waals surface area contributed by atoms with Crippen molar-refractivity contribution in [1.29, 1.82) is 0 Å². The number of rotatable bonds is 5. The van der Waals surface area contributed by atoms with Crippen LogP contribution in [0.1, 0.15) is 5.56 Å². The summed E-state index contributed by atoms with van der Waals surface area (Å²) in [4.78, 5) is 8.74. The first-order valence-electron chi connectivity index (χ1n) is 7.49. The van der Waals surface area contributed by atoms with Gasteiger partial charge in [0.05, 0.1) is 13.7 Å². The minimum atomic E-state index is -0.249. The van der Waals surface area contributed by atoms with Gasteiger partial charge in [0.2, 0.25) is 0 Å². The number of pyridine rings is 1. The van der Waals surface area contributed by atoms with Gasteiger partial charge >= 0.3 is 0 Å². The first-order chi connectivity index (χ1) is 11.7. The lowest BCUT2D eigenvalue weighted by molar-refractivity contribution is 0.415. The summed E-state index contributed by atoms with van der Waals surface area (Å²) in [5.41, 5.74) is 0.960. The van der Waals surface area contributed by atoms with E-state index in [4.69, 9.17) is 4.74 Å². The lowest BCUT2D eigenvalue weighted by Gasteiger charge is -2.14. The molecule has 1 aliphatic heterocycles. The van der Waals surface area contributed by atoms with E-state index in [1.54, 1.807) is 43.8 Å². The Morgan fingerprint density at radius 2 is 2.00 bits per heavy atom. The fourth-order valence-electron chi connectivity index (χ4n) is 2.18. The fraction of sp³-hybridized carbons (Fsp3) is 0.176. The Bertz CT molecular complexity index is 758. The molecule has 0 aliphatic carbocycles. The van der Waals surface area contributed by atoms with Gasteiger partial charge in [0.15, 0.2) is 0 Å². The number of ether oxygens (including phenoxy) is 1. The van der Waals surface area contributed by atoms with Crippen molar-refractivity contribution in [3.8, 4) is 5.75 Å². The lowest BCUT2D eigenvalue weighted by atomic mass is 10.2. The fourth-order valence-corrected chi connectivity index (χ4v) is 2.18. The van der Waals surface area contributed by atoms with Gasteiger partial charge in [-0.2, -0.15) is 0 Å². The third kappa shape index (κ3) is 4.22. The van der Waals surface area contributed by atoms with E-state index in [-0.39, 0.29) is 5.82 Å². The number of hydrogen-bond donors (Lipinski definition) is 3. The molecule has 0 amide bonds. The molecule has 1 aromatic carbocycles. The van der Waals surface area contributed by atoms with Crippen molar-refractivity contribution < 1.29 is 9.13 Å². The Balaban J connectivity index is 1.72. The van der Waals surface area contributed by atoms with Crippen LogP contribution in [0.25, 0.3) is 0 Å². The molecule has 1 aromatic heterocycles. The molecule has 3 rings (SSSR count). The molecular weight excluding hydrogens is 309 g/mol. The molecule has 2 heterocycles. The number of methoxy groups -OCH3 is 1. The molecule has 0 bridgehead atoms. The number of benzene rings is 1. The van der Waals surface area contributed by atoms with Crippen LogP contribution in [0.4, 0.5) is 16.0 Å². The van der Waals surface area contributed by atoms with E-state index in [1.807, 2.05) is 0 Å². The SMILES string of the molecule is COc1cc(NCc2ccc(F)cc2)nc(NC2=NC=CNC2)c1. The second-order valence-electron chi connectivity index (χ2n) is 5.15. The Kier molecular flexibility index (Phi) is 4.90. The Morgan fingerprint density at radius 1 is 1.21 bits per heavy atom. The average molecular weight is 327 g/mol. The van der Waals surface area contributed by atoms with Crippen molar-refractivity contribution in [2.24, 2.45) is 4.99 Å². The maximum atomic E-state index is 12.9. The van der Waals surface area contributed by atoms with Gasteiger partial charge in [-0.25, -0.2) is 14.4 Å². The van der Waals surface area contributed by atoms with Gasteiger partial charge in [0.25, 0.3) is 0 Å². The lowest BCUT2D eigenvalue weighted by Crippen LogP contribution is -2.27. The summed E-state index contributed by atoms with van der Waals surface area (Å²) in [5, 5.41) is 9.44.